The molecule has 0 atom stereocenters. The van der Waals surface area contributed by atoms with Gasteiger partial charge < -0.3 is 9.47 Å². The summed E-state index contributed by atoms with van der Waals surface area (Å²) in [6.07, 6.45) is 0. The van der Waals surface area contributed by atoms with Crippen LogP contribution in [0.4, 0.5) is 17.1 Å². The summed E-state index contributed by atoms with van der Waals surface area (Å²) in [6, 6.07) is 112. The van der Waals surface area contributed by atoms with Gasteiger partial charge in [-0.1, -0.05) is 243 Å². The lowest BCUT2D eigenvalue weighted by Crippen LogP contribution is -2.74. The molecule has 0 aliphatic rings. The number of anilines is 3. The molecule has 0 unspecified atom stereocenters. The van der Waals surface area contributed by atoms with Crippen molar-refractivity contribution in [3.8, 4) is 39.1 Å². The minimum atomic E-state index is -2.65. The summed E-state index contributed by atoms with van der Waals surface area (Å²) in [6.45, 7) is 0. The molecule has 0 N–H and O–H groups in total. The molecule has 0 amide bonds. The predicted molar refractivity (Wildman–Crippen MR) is 313 cm³/mol. The molecule has 12 aromatic carbocycles. The first-order valence-corrected chi connectivity index (χ1v) is 27.2. The number of nitrogens with zero attached hydrogens (tertiary/aromatic N) is 2. The molecule has 0 aliphatic carbocycles. The van der Waals surface area contributed by atoms with Gasteiger partial charge in [0.1, 0.15) is 0 Å². The van der Waals surface area contributed by atoms with E-state index in [9.17, 15) is 0 Å². The second-order valence-electron chi connectivity index (χ2n) is 18.8. The molecule has 13 rings (SSSR count). The van der Waals surface area contributed by atoms with E-state index in [0.29, 0.717) is 0 Å². The number of fused-ring (bicyclic) bond motifs is 4. The van der Waals surface area contributed by atoms with Crippen LogP contribution in [0, 0.1) is 0 Å². The maximum absolute atomic E-state index is 2.65. The third kappa shape index (κ3) is 7.75. The molecule has 2 nitrogen and oxygen atoms in total. The first-order chi connectivity index (χ1) is 36.2. The van der Waals surface area contributed by atoms with Crippen molar-refractivity contribution in [2.75, 3.05) is 4.90 Å². The Kier molecular flexibility index (Phi) is 11.3. The van der Waals surface area contributed by atoms with E-state index in [-0.39, 0.29) is 0 Å². The van der Waals surface area contributed by atoms with Crippen molar-refractivity contribution >= 4 is 78.5 Å². The zero-order valence-corrected chi connectivity index (χ0v) is 41.3. The first-order valence-electron chi connectivity index (χ1n) is 25.2. The smallest absolute Gasteiger partial charge is 0.179 e. The van der Waals surface area contributed by atoms with Crippen LogP contribution in [0.25, 0.3) is 71.6 Å². The standard InChI is InChI=1S/C70H50N2Si/c1-5-24-57(25-6-1)72-67-35-16-15-33-66(67)70-68(36-19-37-69(70)72)71(59-46-40-53(41-47-59)55-22-17-23-56(50-55)65-34-18-21-54-20-13-14-32-64(54)65)58-44-38-51(39-45-58)52-42-48-63(49-43-52)73(60-26-7-2-8-27-60,61-28-9-3-10-29-61)62-30-11-4-12-31-62/h1-50H. The van der Waals surface area contributed by atoms with E-state index in [1.165, 1.54) is 81.2 Å². The van der Waals surface area contributed by atoms with Gasteiger partial charge in [-0.2, -0.15) is 0 Å². The Morgan fingerprint density at radius 3 is 1.34 bits per heavy atom. The zero-order chi connectivity index (χ0) is 48.6. The van der Waals surface area contributed by atoms with Gasteiger partial charge in [0.2, 0.25) is 0 Å². The molecule has 0 radical (unpaired) electrons. The Balaban J connectivity index is 0.920. The zero-order valence-electron chi connectivity index (χ0n) is 40.3. The number of aromatic nitrogens is 1. The summed E-state index contributed by atoms with van der Waals surface area (Å²) < 4.78 is 2.40. The lowest BCUT2D eigenvalue weighted by atomic mass is 9.95. The van der Waals surface area contributed by atoms with Crippen molar-refractivity contribution in [3.05, 3.63) is 303 Å². The lowest BCUT2D eigenvalue weighted by molar-refractivity contribution is 1.18. The average molecular weight is 947 g/mol. The van der Waals surface area contributed by atoms with Gasteiger partial charge in [0, 0.05) is 27.8 Å². The first kappa shape index (κ1) is 43.7. The van der Waals surface area contributed by atoms with Gasteiger partial charge >= 0.3 is 0 Å². The fourth-order valence-corrected chi connectivity index (χ4v) is 16.1. The van der Waals surface area contributed by atoms with Gasteiger partial charge in [-0.05, 0) is 126 Å². The Morgan fingerprint density at radius 1 is 0.288 bits per heavy atom. The van der Waals surface area contributed by atoms with E-state index in [0.717, 1.165) is 28.3 Å². The normalized spacial score (nSPS) is 11.6. The van der Waals surface area contributed by atoms with Gasteiger partial charge in [-0.25, -0.2) is 0 Å². The van der Waals surface area contributed by atoms with Gasteiger partial charge in [-0.3, -0.25) is 0 Å². The molecular formula is C70H50N2Si. The van der Waals surface area contributed by atoms with Crippen LogP contribution < -0.4 is 25.6 Å². The number of para-hydroxylation sites is 2. The van der Waals surface area contributed by atoms with E-state index in [4.69, 9.17) is 0 Å². The van der Waals surface area contributed by atoms with Crippen molar-refractivity contribution in [2.45, 2.75) is 0 Å². The van der Waals surface area contributed by atoms with Gasteiger partial charge in [0.15, 0.2) is 8.07 Å². The summed E-state index contributed by atoms with van der Waals surface area (Å²) in [5.74, 6) is 0. The highest BCUT2D eigenvalue weighted by atomic mass is 28.3. The third-order valence-corrected chi connectivity index (χ3v) is 19.5. The molecule has 1 heterocycles. The molecular weight excluding hydrogens is 897 g/mol. The number of hydrogen-bond donors (Lipinski definition) is 0. The summed E-state index contributed by atoms with van der Waals surface area (Å²) >= 11 is 0. The Labute approximate surface area is 428 Å². The summed E-state index contributed by atoms with van der Waals surface area (Å²) in [7, 11) is -2.65. The van der Waals surface area contributed by atoms with Crippen LogP contribution in [-0.4, -0.2) is 12.6 Å². The van der Waals surface area contributed by atoms with E-state index in [1.807, 2.05) is 0 Å². The molecule has 3 heteroatoms. The molecule has 73 heavy (non-hydrogen) atoms. The summed E-state index contributed by atoms with van der Waals surface area (Å²) in [5.41, 5.74) is 13.9. The SMILES string of the molecule is c1ccc(-n2c3ccccc3c3c(N(c4ccc(-c5ccc([Si](c6ccccc6)(c6ccccc6)c6ccccc6)cc5)cc4)c4ccc(-c5cccc(-c6cccc7ccccc67)c5)cc4)cccc32)cc1. The molecule has 1 aromatic heterocycles. The number of hydrogen-bond acceptors (Lipinski definition) is 1. The monoisotopic (exact) mass is 946 g/mol. The van der Waals surface area contributed by atoms with E-state index < -0.39 is 8.07 Å². The van der Waals surface area contributed by atoms with Crippen molar-refractivity contribution in [2.24, 2.45) is 0 Å². The van der Waals surface area contributed by atoms with Crippen LogP contribution in [0.3, 0.4) is 0 Å². The molecule has 344 valence electrons. The molecule has 0 aliphatic heterocycles. The topological polar surface area (TPSA) is 8.17 Å². The second-order valence-corrected chi connectivity index (χ2v) is 22.6. The number of benzene rings is 12. The van der Waals surface area contributed by atoms with Crippen molar-refractivity contribution in [1.29, 1.82) is 0 Å². The van der Waals surface area contributed by atoms with Gasteiger partial charge in [-0.15, -0.1) is 0 Å². The molecule has 0 saturated heterocycles. The molecule has 0 bridgehead atoms. The van der Waals surface area contributed by atoms with Crippen LogP contribution in [0.2, 0.25) is 0 Å². The summed E-state index contributed by atoms with van der Waals surface area (Å²) in [4.78, 5) is 2.44. The Morgan fingerprint density at radius 2 is 0.726 bits per heavy atom. The average Bonchev–Trinajstić information content (AvgIpc) is 3.82. The third-order valence-electron chi connectivity index (χ3n) is 14.8. The second kappa shape index (κ2) is 18.8. The largest absolute Gasteiger partial charge is 0.310 e. The minimum Gasteiger partial charge on any atom is -0.310 e. The van der Waals surface area contributed by atoms with Crippen molar-refractivity contribution in [3.63, 3.8) is 0 Å². The van der Waals surface area contributed by atoms with Crippen molar-refractivity contribution < 1.29 is 0 Å². The lowest BCUT2D eigenvalue weighted by Gasteiger charge is -2.34. The van der Waals surface area contributed by atoms with Crippen LogP contribution in [0.5, 0.6) is 0 Å². The Bertz CT molecular complexity index is 3940. The van der Waals surface area contributed by atoms with Crippen LogP contribution in [0.1, 0.15) is 0 Å². The molecule has 0 spiro atoms. The molecule has 0 fully saturated rings. The van der Waals surface area contributed by atoms with E-state index >= 15 is 0 Å². The van der Waals surface area contributed by atoms with Gasteiger partial charge in [0.05, 0.1) is 16.7 Å². The number of rotatable bonds is 11. The maximum Gasteiger partial charge on any atom is 0.179 e. The van der Waals surface area contributed by atoms with E-state index in [2.05, 4.69) is 313 Å². The highest BCUT2D eigenvalue weighted by Gasteiger charge is 2.41. The molecule has 13 aromatic rings. The Hall–Kier alpha value is -9.28. The van der Waals surface area contributed by atoms with E-state index in [1.54, 1.807) is 0 Å². The van der Waals surface area contributed by atoms with Gasteiger partial charge in [0.25, 0.3) is 0 Å². The van der Waals surface area contributed by atoms with Crippen molar-refractivity contribution in [1.82, 2.24) is 4.57 Å². The van der Waals surface area contributed by atoms with Crippen LogP contribution in [-0.2, 0) is 0 Å². The van der Waals surface area contributed by atoms with Crippen LogP contribution >= 0.6 is 0 Å². The highest BCUT2D eigenvalue weighted by molar-refractivity contribution is 7.19. The minimum absolute atomic E-state index is 1.08. The highest BCUT2D eigenvalue weighted by Crippen LogP contribution is 2.44. The fourth-order valence-electron chi connectivity index (χ4n) is 11.4. The molecule has 0 saturated carbocycles. The fraction of sp³-hybridized carbons (Fsp3) is 0. The van der Waals surface area contributed by atoms with Crippen LogP contribution in [0.15, 0.2) is 303 Å². The quantitative estimate of drug-likeness (QED) is 0.0926. The summed E-state index contributed by atoms with van der Waals surface area (Å²) in [5, 5.41) is 10.4. The predicted octanol–water partition coefficient (Wildman–Crippen LogP) is 15.8. The maximum atomic E-state index is 2.44.